The molecule has 0 aliphatic rings. The third-order valence-electron chi connectivity index (χ3n) is 2.86. The predicted molar refractivity (Wildman–Crippen MR) is 92.7 cm³/mol. The maximum atomic E-state index is 12.3. The molecule has 0 fully saturated rings. The second-order valence-corrected chi connectivity index (χ2v) is 6.93. The number of para-hydroxylation sites is 1. The molecule has 2 rings (SSSR count). The van der Waals surface area contributed by atoms with Crippen molar-refractivity contribution >= 4 is 41.0 Å². The highest BCUT2D eigenvalue weighted by atomic mass is 32.2. The number of thioether (sulfide) groups is 2. The van der Waals surface area contributed by atoms with E-state index in [1.807, 2.05) is 0 Å². The van der Waals surface area contributed by atoms with Crippen LogP contribution in [0.1, 0.15) is 10.4 Å². The second kappa shape index (κ2) is 8.30. The molecule has 4 nitrogen and oxygen atoms in total. The molecule has 0 unspecified atom stereocenters. The Hall–Kier alpha value is -2.13. The third kappa shape index (κ3) is 6.35. The van der Waals surface area contributed by atoms with Gasteiger partial charge in [0.2, 0.25) is 5.91 Å². The number of alkyl halides is 3. The van der Waals surface area contributed by atoms with Crippen LogP contribution >= 0.6 is 23.5 Å². The molecular weight excluding hydrogens is 373 g/mol. The summed E-state index contributed by atoms with van der Waals surface area (Å²) in [5, 5.41) is 2.68. The van der Waals surface area contributed by atoms with Gasteiger partial charge in [-0.25, -0.2) is 0 Å². The van der Waals surface area contributed by atoms with Gasteiger partial charge < -0.3 is 11.1 Å². The summed E-state index contributed by atoms with van der Waals surface area (Å²) in [6.45, 7) is 0. The third-order valence-corrected chi connectivity index (χ3v) is 4.69. The van der Waals surface area contributed by atoms with Crippen molar-refractivity contribution in [2.75, 3.05) is 11.1 Å². The SMILES string of the molecule is NC(=O)CSc1ccccc1NC(=O)c1ccc(SC(F)(F)F)cc1. The quantitative estimate of drug-likeness (QED) is 0.733. The molecule has 0 atom stereocenters. The van der Waals surface area contributed by atoms with Crippen LogP contribution in [0.15, 0.2) is 58.3 Å². The summed E-state index contributed by atoms with van der Waals surface area (Å²) in [4.78, 5) is 23.8. The molecule has 0 saturated carbocycles. The van der Waals surface area contributed by atoms with Gasteiger partial charge in [0.25, 0.3) is 5.91 Å². The van der Waals surface area contributed by atoms with Crippen molar-refractivity contribution in [2.24, 2.45) is 5.73 Å². The molecule has 0 aliphatic carbocycles. The average Bonchev–Trinajstić information content (AvgIpc) is 2.53. The monoisotopic (exact) mass is 386 g/mol. The lowest BCUT2D eigenvalue weighted by Gasteiger charge is -2.11. The van der Waals surface area contributed by atoms with Gasteiger partial charge in [-0.2, -0.15) is 13.2 Å². The van der Waals surface area contributed by atoms with Crippen molar-refractivity contribution < 1.29 is 22.8 Å². The fraction of sp³-hybridized carbons (Fsp3) is 0.125. The number of benzene rings is 2. The average molecular weight is 386 g/mol. The number of halogens is 3. The minimum absolute atomic E-state index is 0.00136. The predicted octanol–water partition coefficient (Wildman–Crippen LogP) is 4.13. The number of rotatable bonds is 6. The molecule has 132 valence electrons. The van der Waals surface area contributed by atoms with E-state index in [9.17, 15) is 22.8 Å². The number of hydrogen-bond acceptors (Lipinski definition) is 4. The first kappa shape index (κ1) is 19.2. The summed E-state index contributed by atoms with van der Waals surface area (Å²) < 4.78 is 36.9. The Morgan fingerprint density at radius 2 is 1.68 bits per heavy atom. The number of nitrogens with two attached hydrogens (primary N) is 1. The molecule has 0 radical (unpaired) electrons. The van der Waals surface area contributed by atoms with E-state index < -0.39 is 17.3 Å². The number of carbonyl (C=O) groups excluding carboxylic acids is 2. The van der Waals surface area contributed by atoms with Crippen LogP contribution in [0, 0.1) is 0 Å². The van der Waals surface area contributed by atoms with Gasteiger partial charge in [0, 0.05) is 15.4 Å². The highest BCUT2D eigenvalue weighted by Crippen LogP contribution is 2.36. The topological polar surface area (TPSA) is 72.2 Å². The number of primary amides is 1. The number of nitrogens with one attached hydrogen (secondary N) is 1. The highest BCUT2D eigenvalue weighted by Gasteiger charge is 2.29. The molecule has 0 bridgehead atoms. The number of anilines is 1. The highest BCUT2D eigenvalue weighted by molar-refractivity contribution is 8.00. The fourth-order valence-electron chi connectivity index (χ4n) is 1.85. The maximum absolute atomic E-state index is 12.3. The Balaban J connectivity index is 2.08. The van der Waals surface area contributed by atoms with Gasteiger partial charge in [0.1, 0.15) is 0 Å². The molecular formula is C16H13F3N2O2S2. The van der Waals surface area contributed by atoms with Crippen molar-refractivity contribution in [1.29, 1.82) is 0 Å². The molecule has 0 aromatic heterocycles. The molecule has 0 spiro atoms. The lowest BCUT2D eigenvalue weighted by molar-refractivity contribution is -0.115. The minimum atomic E-state index is -4.37. The number of amides is 2. The van der Waals surface area contributed by atoms with Gasteiger partial charge in [-0.1, -0.05) is 12.1 Å². The van der Waals surface area contributed by atoms with Crippen LogP contribution in [-0.4, -0.2) is 23.1 Å². The molecule has 3 N–H and O–H groups in total. The summed E-state index contributed by atoms with van der Waals surface area (Å²) >= 11 is 0.942. The van der Waals surface area contributed by atoms with Crippen molar-refractivity contribution in [3.8, 4) is 0 Å². The van der Waals surface area contributed by atoms with Gasteiger partial charge in [-0.05, 0) is 48.2 Å². The normalized spacial score (nSPS) is 11.2. The standard InChI is InChI=1S/C16H13F3N2O2S2/c17-16(18,19)25-11-7-5-10(6-8-11)15(23)21-12-3-1-2-4-13(12)24-9-14(20)22/h1-8H,9H2,(H2,20,22)(H,21,23). The van der Waals surface area contributed by atoms with Gasteiger partial charge >= 0.3 is 5.51 Å². The van der Waals surface area contributed by atoms with Crippen LogP contribution in [0.25, 0.3) is 0 Å². The Kier molecular flexibility index (Phi) is 6.38. The van der Waals surface area contributed by atoms with E-state index in [4.69, 9.17) is 5.73 Å². The van der Waals surface area contributed by atoms with E-state index in [0.717, 1.165) is 0 Å². The first-order valence-corrected chi connectivity index (χ1v) is 8.72. The summed E-state index contributed by atoms with van der Waals surface area (Å²) in [7, 11) is 0. The number of carbonyl (C=O) groups is 2. The molecule has 2 aromatic rings. The molecule has 9 heteroatoms. The zero-order chi connectivity index (χ0) is 18.4. The van der Waals surface area contributed by atoms with Gasteiger partial charge in [0.15, 0.2) is 0 Å². The first-order valence-electron chi connectivity index (χ1n) is 6.92. The summed E-state index contributed by atoms with van der Waals surface area (Å²) in [6.07, 6.45) is 0. The molecule has 2 aromatic carbocycles. The lowest BCUT2D eigenvalue weighted by Crippen LogP contribution is -2.14. The van der Waals surface area contributed by atoms with Crippen LogP contribution in [-0.2, 0) is 4.79 Å². The Morgan fingerprint density at radius 3 is 2.28 bits per heavy atom. The molecule has 0 heterocycles. The van der Waals surface area contributed by atoms with Crippen LogP contribution < -0.4 is 11.1 Å². The first-order chi connectivity index (χ1) is 11.7. The summed E-state index contributed by atoms with van der Waals surface area (Å²) in [5.41, 5.74) is 1.45. The summed E-state index contributed by atoms with van der Waals surface area (Å²) in [6, 6.07) is 12.0. The van der Waals surface area contributed by atoms with E-state index in [2.05, 4.69) is 5.32 Å². The van der Waals surface area contributed by atoms with E-state index in [1.54, 1.807) is 24.3 Å². The van der Waals surface area contributed by atoms with Crippen LogP contribution in [0.4, 0.5) is 18.9 Å². The van der Waals surface area contributed by atoms with Crippen molar-refractivity contribution in [3.05, 3.63) is 54.1 Å². The van der Waals surface area contributed by atoms with Gasteiger partial charge in [0.05, 0.1) is 11.4 Å². The van der Waals surface area contributed by atoms with Crippen LogP contribution in [0.3, 0.4) is 0 Å². The largest absolute Gasteiger partial charge is 0.446 e. The molecule has 2 amide bonds. The summed E-state index contributed by atoms with van der Waals surface area (Å²) in [5.74, 6) is -0.879. The van der Waals surface area contributed by atoms with E-state index in [0.29, 0.717) is 10.6 Å². The zero-order valence-corrected chi connectivity index (χ0v) is 14.3. The van der Waals surface area contributed by atoms with Gasteiger partial charge in [-0.15, -0.1) is 11.8 Å². The Morgan fingerprint density at radius 1 is 1.04 bits per heavy atom. The van der Waals surface area contributed by atoms with E-state index in [1.165, 1.54) is 36.0 Å². The maximum Gasteiger partial charge on any atom is 0.446 e. The fourth-order valence-corrected chi connectivity index (χ4v) is 3.13. The Labute approximate surface area is 150 Å². The Bertz CT molecular complexity index is 765. The lowest BCUT2D eigenvalue weighted by atomic mass is 10.2. The smallest absolute Gasteiger partial charge is 0.369 e. The molecule has 0 aliphatic heterocycles. The van der Waals surface area contributed by atoms with Crippen molar-refractivity contribution in [1.82, 2.24) is 0 Å². The molecule has 0 saturated heterocycles. The second-order valence-electron chi connectivity index (χ2n) is 4.78. The van der Waals surface area contributed by atoms with Crippen molar-refractivity contribution in [3.63, 3.8) is 0 Å². The van der Waals surface area contributed by atoms with Gasteiger partial charge in [-0.3, -0.25) is 9.59 Å². The zero-order valence-electron chi connectivity index (χ0n) is 12.7. The van der Waals surface area contributed by atoms with E-state index in [-0.39, 0.29) is 28.0 Å². The van der Waals surface area contributed by atoms with Crippen LogP contribution in [0.2, 0.25) is 0 Å². The van der Waals surface area contributed by atoms with Crippen molar-refractivity contribution in [2.45, 2.75) is 15.3 Å². The number of hydrogen-bond donors (Lipinski definition) is 2. The minimum Gasteiger partial charge on any atom is -0.369 e. The van der Waals surface area contributed by atoms with E-state index >= 15 is 0 Å². The molecule has 25 heavy (non-hydrogen) atoms. The van der Waals surface area contributed by atoms with Crippen LogP contribution in [0.5, 0.6) is 0 Å².